The number of aromatic amines is 1. The van der Waals surface area contributed by atoms with Crippen LogP contribution in [-0.4, -0.2) is 33.1 Å². The van der Waals surface area contributed by atoms with Crippen molar-refractivity contribution in [2.45, 2.75) is 38.4 Å². The molecule has 0 saturated carbocycles. The number of aromatic nitrogens is 3. The van der Waals surface area contributed by atoms with Gasteiger partial charge in [0.05, 0.1) is 22.4 Å². The summed E-state index contributed by atoms with van der Waals surface area (Å²) in [6, 6.07) is 3.36. The highest BCUT2D eigenvalue weighted by Gasteiger charge is 2.39. The van der Waals surface area contributed by atoms with Gasteiger partial charge >= 0.3 is 6.18 Å². The average Bonchev–Trinajstić information content (AvgIpc) is 3.02. The lowest BCUT2D eigenvalue weighted by atomic mass is 9.82. The third-order valence-corrected chi connectivity index (χ3v) is 5.28. The van der Waals surface area contributed by atoms with Gasteiger partial charge in [0.1, 0.15) is 5.71 Å². The molecule has 0 amide bonds. The lowest BCUT2D eigenvalue weighted by Gasteiger charge is -2.26. The second kappa shape index (κ2) is 6.30. The number of nitrogens with one attached hydrogen (secondary N) is 2. The van der Waals surface area contributed by atoms with Gasteiger partial charge in [-0.1, -0.05) is 0 Å². The molecular formula is C19H19F3N6. The number of halogens is 3. The molecule has 0 bridgehead atoms. The van der Waals surface area contributed by atoms with Crippen molar-refractivity contribution in [3.63, 3.8) is 0 Å². The van der Waals surface area contributed by atoms with Crippen molar-refractivity contribution in [1.29, 1.82) is 5.41 Å². The summed E-state index contributed by atoms with van der Waals surface area (Å²) >= 11 is 0. The van der Waals surface area contributed by atoms with Crippen LogP contribution in [-0.2, 0) is 12.8 Å². The molecule has 1 atom stereocenters. The molecule has 3 aromatic rings. The first-order valence-corrected chi connectivity index (χ1v) is 8.85. The summed E-state index contributed by atoms with van der Waals surface area (Å²) in [5.41, 5.74) is 13.5. The van der Waals surface area contributed by atoms with Crippen LogP contribution in [0.4, 0.5) is 13.2 Å². The third-order valence-electron chi connectivity index (χ3n) is 5.28. The molecule has 0 fully saturated rings. The molecular weight excluding hydrogens is 369 g/mol. The molecule has 0 radical (unpaired) electrons. The minimum absolute atomic E-state index is 0.0861. The van der Waals surface area contributed by atoms with Crippen LogP contribution in [0.3, 0.4) is 0 Å². The number of pyridine rings is 1. The summed E-state index contributed by atoms with van der Waals surface area (Å²) in [4.78, 5) is 4.51. The molecule has 0 saturated heterocycles. The highest BCUT2D eigenvalue weighted by molar-refractivity contribution is 6.25. The van der Waals surface area contributed by atoms with Gasteiger partial charge < -0.3 is 11.5 Å². The van der Waals surface area contributed by atoms with Gasteiger partial charge in [0.15, 0.2) is 0 Å². The van der Waals surface area contributed by atoms with E-state index < -0.39 is 17.5 Å². The van der Waals surface area contributed by atoms with Gasteiger partial charge in [-0.15, -0.1) is 0 Å². The molecule has 2 aromatic heterocycles. The Morgan fingerprint density at radius 1 is 1.29 bits per heavy atom. The maximum absolute atomic E-state index is 13.2. The number of hydrogen-bond donors (Lipinski definition) is 4. The van der Waals surface area contributed by atoms with Crippen molar-refractivity contribution in [2.24, 2.45) is 11.5 Å². The summed E-state index contributed by atoms with van der Waals surface area (Å²) in [6.45, 7) is 1.87. The number of hydrogen-bond acceptors (Lipinski definition) is 5. The normalized spacial score (nSPS) is 17.9. The van der Waals surface area contributed by atoms with Crippen LogP contribution in [0.2, 0.25) is 0 Å². The first-order chi connectivity index (χ1) is 13.2. The SMILES string of the molecule is Cc1n[nH]c2ccc3nc(/C(=C/N)C(=N)C(F)(F)F)c4c(c3c12)CCC(N)C4. The predicted molar refractivity (Wildman–Crippen MR) is 102 cm³/mol. The number of nitrogens with zero attached hydrogens (tertiary/aromatic N) is 2. The van der Waals surface area contributed by atoms with E-state index in [1.807, 2.05) is 6.92 Å². The second-order valence-corrected chi connectivity index (χ2v) is 7.06. The van der Waals surface area contributed by atoms with Gasteiger partial charge in [-0.25, -0.2) is 4.98 Å². The molecule has 0 spiro atoms. The Morgan fingerprint density at radius 3 is 2.71 bits per heavy atom. The lowest BCUT2D eigenvalue weighted by Crippen LogP contribution is -2.31. The van der Waals surface area contributed by atoms with Gasteiger partial charge in [-0.05, 0) is 49.4 Å². The molecule has 6 nitrogen and oxygen atoms in total. The van der Waals surface area contributed by atoms with Crippen LogP contribution in [0, 0.1) is 12.3 Å². The molecule has 1 aliphatic rings. The first kappa shape index (κ1) is 18.4. The van der Waals surface area contributed by atoms with Gasteiger partial charge in [0, 0.05) is 28.6 Å². The van der Waals surface area contributed by atoms with Crippen molar-refractivity contribution >= 4 is 33.1 Å². The van der Waals surface area contributed by atoms with Crippen molar-refractivity contribution in [3.8, 4) is 0 Å². The molecule has 1 unspecified atom stereocenters. The lowest BCUT2D eigenvalue weighted by molar-refractivity contribution is -0.0578. The van der Waals surface area contributed by atoms with Crippen LogP contribution in [0.25, 0.3) is 27.4 Å². The number of nitrogens with two attached hydrogens (primary N) is 2. The van der Waals surface area contributed by atoms with Gasteiger partial charge in [0.25, 0.3) is 0 Å². The van der Waals surface area contributed by atoms with Crippen LogP contribution in [0.5, 0.6) is 0 Å². The average molecular weight is 388 g/mol. The van der Waals surface area contributed by atoms with E-state index >= 15 is 0 Å². The Bertz CT molecular complexity index is 1140. The van der Waals surface area contributed by atoms with Crippen LogP contribution < -0.4 is 11.5 Å². The number of alkyl halides is 3. The molecule has 1 aliphatic carbocycles. The molecule has 6 N–H and O–H groups in total. The van der Waals surface area contributed by atoms with E-state index in [1.165, 1.54) is 0 Å². The second-order valence-electron chi connectivity index (χ2n) is 7.06. The molecule has 0 aliphatic heterocycles. The van der Waals surface area contributed by atoms with Crippen molar-refractivity contribution < 1.29 is 13.2 Å². The summed E-state index contributed by atoms with van der Waals surface area (Å²) in [7, 11) is 0. The van der Waals surface area contributed by atoms with Gasteiger partial charge in [-0.2, -0.15) is 18.3 Å². The van der Waals surface area contributed by atoms with E-state index in [2.05, 4.69) is 15.2 Å². The van der Waals surface area contributed by atoms with Crippen LogP contribution >= 0.6 is 0 Å². The van der Waals surface area contributed by atoms with E-state index in [9.17, 15) is 13.2 Å². The summed E-state index contributed by atoms with van der Waals surface area (Å²) in [6.07, 6.45) is -2.30. The minimum Gasteiger partial charge on any atom is -0.404 e. The molecule has 28 heavy (non-hydrogen) atoms. The van der Waals surface area contributed by atoms with Crippen molar-refractivity contribution in [1.82, 2.24) is 15.2 Å². The number of H-pyrrole nitrogens is 1. The quantitative estimate of drug-likeness (QED) is 0.505. The standard InChI is InChI=1S/C19H19F3N6/c1-8-15-14(28-27-8)5-4-13-16(15)10-3-2-9(24)6-11(10)17(26-13)12(7-23)18(25)19(20,21)22/h4-5,7,9,25H,2-3,6,23-24H2,1H3,(H,27,28)/b12-7-,25-18?. The highest BCUT2D eigenvalue weighted by atomic mass is 19.4. The van der Waals surface area contributed by atoms with Crippen LogP contribution in [0.15, 0.2) is 18.3 Å². The number of allylic oxidation sites excluding steroid dienone is 1. The monoisotopic (exact) mass is 388 g/mol. The van der Waals surface area contributed by atoms with E-state index in [-0.39, 0.29) is 11.7 Å². The van der Waals surface area contributed by atoms with Crippen molar-refractivity contribution in [2.75, 3.05) is 0 Å². The zero-order valence-corrected chi connectivity index (χ0v) is 15.1. The number of fused-ring (bicyclic) bond motifs is 5. The summed E-state index contributed by atoms with van der Waals surface area (Å²) in [5.74, 6) is 0. The van der Waals surface area contributed by atoms with E-state index in [0.717, 1.165) is 40.2 Å². The highest BCUT2D eigenvalue weighted by Crippen LogP contribution is 2.38. The fourth-order valence-corrected chi connectivity index (χ4v) is 3.99. The minimum atomic E-state index is -4.82. The van der Waals surface area contributed by atoms with Gasteiger partial charge in [0.2, 0.25) is 0 Å². The maximum Gasteiger partial charge on any atom is 0.433 e. The first-order valence-electron chi connectivity index (χ1n) is 8.85. The molecule has 146 valence electrons. The Morgan fingerprint density at radius 2 is 2.04 bits per heavy atom. The topological polar surface area (TPSA) is 117 Å². The fraction of sp³-hybridized carbons (Fsp3) is 0.316. The van der Waals surface area contributed by atoms with Gasteiger partial charge in [-0.3, -0.25) is 10.5 Å². The Labute approximate surface area is 158 Å². The molecule has 2 heterocycles. The molecule has 1 aromatic carbocycles. The molecule has 4 rings (SSSR count). The smallest absolute Gasteiger partial charge is 0.404 e. The summed E-state index contributed by atoms with van der Waals surface area (Å²) in [5, 5.41) is 16.6. The zero-order chi connectivity index (χ0) is 20.2. The number of rotatable bonds is 2. The van der Waals surface area contributed by atoms with E-state index in [0.29, 0.717) is 23.9 Å². The largest absolute Gasteiger partial charge is 0.433 e. The Kier molecular flexibility index (Phi) is 4.15. The van der Waals surface area contributed by atoms with E-state index in [1.54, 1.807) is 12.1 Å². The molecule has 9 heteroatoms. The van der Waals surface area contributed by atoms with Crippen LogP contribution in [0.1, 0.15) is 28.9 Å². The fourth-order valence-electron chi connectivity index (χ4n) is 3.99. The summed E-state index contributed by atoms with van der Waals surface area (Å²) < 4.78 is 39.7. The number of benzene rings is 1. The van der Waals surface area contributed by atoms with Crippen molar-refractivity contribution in [3.05, 3.63) is 40.8 Å². The predicted octanol–water partition coefficient (Wildman–Crippen LogP) is 3.12. The maximum atomic E-state index is 13.2. The Hall–Kier alpha value is -2.94. The zero-order valence-electron chi connectivity index (χ0n) is 15.1. The number of aryl methyl sites for hydroxylation is 2. The Balaban J connectivity index is 2.08. The van der Waals surface area contributed by atoms with E-state index in [4.69, 9.17) is 16.9 Å². The third kappa shape index (κ3) is 2.73.